The van der Waals surface area contributed by atoms with Crippen molar-refractivity contribution in [1.29, 1.82) is 0 Å². The maximum atomic E-state index is 11.8. The summed E-state index contributed by atoms with van der Waals surface area (Å²) in [7, 11) is 3.80. The van der Waals surface area contributed by atoms with Crippen LogP contribution in [0, 0.1) is 6.92 Å². The summed E-state index contributed by atoms with van der Waals surface area (Å²) in [6.45, 7) is 2.64. The lowest BCUT2D eigenvalue weighted by Gasteiger charge is -2.17. The number of aromatic nitrogens is 1. The van der Waals surface area contributed by atoms with E-state index in [0.717, 1.165) is 23.4 Å². The second-order valence-corrected chi connectivity index (χ2v) is 4.72. The van der Waals surface area contributed by atoms with E-state index < -0.39 is 0 Å². The minimum absolute atomic E-state index is 0.0771. The normalized spacial score (nSPS) is 10.5. The quantitative estimate of drug-likeness (QED) is 0.651. The minimum atomic E-state index is 0.0771. The van der Waals surface area contributed by atoms with Crippen LogP contribution in [0.15, 0.2) is 47.4 Å². The Labute approximate surface area is 113 Å². The number of para-hydroxylation sites is 1. The summed E-state index contributed by atoms with van der Waals surface area (Å²) in [5.41, 5.74) is 5.21. The number of pyridine rings is 1. The largest absolute Gasteiger partial charge is 0.318 e. The van der Waals surface area contributed by atoms with Gasteiger partial charge in [0.15, 0.2) is 0 Å². The van der Waals surface area contributed by atoms with Gasteiger partial charge in [0.2, 0.25) is 0 Å². The van der Waals surface area contributed by atoms with Gasteiger partial charge in [-0.3, -0.25) is 4.79 Å². The third-order valence-corrected chi connectivity index (χ3v) is 3.37. The fourth-order valence-electron chi connectivity index (χ4n) is 2.02. The predicted octanol–water partition coefficient (Wildman–Crippen LogP) is 0.809. The SMILES string of the molecule is Cc1c(C[NH2+]N(C)c2ccccc2)ccn(C)c1=O. The molecule has 0 saturated carbocycles. The van der Waals surface area contributed by atoms with Crippen molar-refractivity contribution in [2.75, 3.05) is 12.1 Å². The van der Waals surface area contributed by atoms with E-state index in [-0.39, 0.29) is 5.56 Å². The molecule has 2 N–H and O–H groups in total. The van der Waals surface area contributed by atoms with Crippen LogP contribution in [0.2, 0.25) is 0 Å². The fraction of sp³-hybridized carbons (Fsp3) is 0.267. The van der Waals surface area contributed by atoms with Crippen LogP contribution >= 0.6 is 0 Å². The van der Waals surface area contributed by atoms with Crippen molar-refractivity contribution in [3.63, 3.8) is 0 Å². The summed E-state index contributed by atoms with van der Waals surface area (Å²) in [5.74, 6) is 0. The number of quaternary nitrogens is 1. The average Bonchev–Trinajstić information content (AvgIpc) is 2.45. The molecular formula is C15H20N3O+. The van der Waals surface area contributed by atoms with Crippen molar-refractivity contribution in [3.8, 4) is 0 Å². The third-order valence-electron chi connectivity index (χ3n) is 3.37. The van der Waals surface area contributed by atoms with Crippen LogP contribution in [0.5, 0.6) is 0 Å². The molecule has 100 valence electrons. The molecule has 0 amide bonds. The van der Waals surface area contributed by atoms with Crippen LogP contribution in [-0.2, 0) is 13.6 Å². The average molecular weight is 258 g/mol. The number of benzene rings is 1. The van der Waals surface area contributed by atoms with Gasteiger partial charge in [0.25, 0.3) is 5.56 Å². The molecule has 1 heterocycles. The van der Waals surface area contributed by atoms with E-state index in [1.54, 1.807) is 11.6 Å². The molecule has 0 fully saturated rings. The molecule has 19 heavy (non-hydrogen) atoms. The van der Waals surface area contributed by atoms with Crippen LogP contribution in [0.1, 0.15) is 11.1 Å². The molecule has 0 aliphatic rings. The van der Waals surface area contributed by atoms with Crippen molar-refractivity contribution in [1.82, 2.24) is 4.57 Å². The first-order chi connectivity index (χ1) is 9.09. The van der Waals surface area contributed by atoms with Gasteiger partial charge in [-0.1, -0.05) is 18.2 Å². The van der Waals surface area contributed by atoms with E-state index in [4.69, 9.17) is 0 Å². The number of anilines is 1. The Kier molecular flexibility index (Phi) is 4.02. The standard InChI is InChI=1S/C15H19N3O/c1-12-13(9-10-17(2)15(12)19)11-16-18(3)14-7-5-4-6-8-14/h4-10,16H,11H2,1-3H3/p+1. The second-order valence-electron chi connectivity index (χ2n) is 4.72. The first kappa shape index (κ1) is 13.4. The van der Waals surface area contributed by atoms with Crippen molar-refractivity contribution in [3.05, 3.63) is 64.1 Å². The number of rotatable bonds is 4. The van der Waals surface area contributed by atoms with Crippen LogP contribution in [0.3, 0.4) is 0 Å². The lowest BCUT2D eigenvalue weighted by Crippen LogP contribution is -2.92. The molecule has 4 nitrogen and oxygen atoms in total. The number of aryl methyl sites for hydroxylation is 1. The highest BCUT2D eigenvalue weighted by Gasteiger charge is 2.08. The summed E-state index contributed by atoms with van der Waals surface area (Å²) in [5, 5.41) is 2.08. The summed E-state index contributed by atoms with van der Waals surface area (Å²) in [6.07, 6.45) is 1.82. The van der Waals surface area contributed by atoms with Gasteiger partial charge in [0.05, 0.1) is 12.7 Å². The van der Waals surface area contributed by atoms with E-state index in [0.29, 0.717) is 0 Å². The predicted molar refractivity (Wildman–Crippen MR) is 76.9 cm³/mol. The number of hydrogen-bond donors (Lipinski definition) is 1. The van der Waals surface area contributed by atoms with Gasteiger partial charge in [-0.25, -0.2) is 10.4 Å². The van der Waals surface area contributed by atoms with E-state index in [2.05, 4.69) is 22.6 Å². The molecule has 0 atom stereocenters. The number of nitrogens with zero attached hydrogens (tertiary/aromatic N) is 2. The molecule has 0 radical (unpaired) electrons. The molecule has 4 heteroatoms. The number of hydrogen-bond acceptors (Lipinski definition) is 2. The maximum Gasteiger partial charge on any atom is 0.253 e. The highest BCUT2D eigenvalue weighted by molar-refractivity contribution is 5.41. The van der Waals surface area contributed by atoms with E-state index in [1.807, 2.05) is 44.4 Å². The summed E-state index contributed by atoms with van der Waals surface area (Å²) in [4.78, 5) is 11.8. The van der Waals surface area contributed by atoms with Crippen LogP contribution in [0.4, 0.5) is 5.69 Å². The Morgan fingerprint density at radius 1 is 1.21 bits per heavy atom. The Balaban J connectivity index is 2.08. The van der Waals surface area contributed by atoms with E-state index >= 15 is 0 Å². The molecule has 0 aliphatic carbocycles. The smallest absolute Gasteiger partial charge is 0.253 e. The monoisotopic (exact) mass is 258 g/mol. The van der Waals surface area contributed by atoms with Crippen LogP contribution in [0.25, 0.3) is 0 Å². The highest BCUT2D eigenvalue weighted by atomic mass is 16.1. The van der Waals surface area contributed by atoms with Crippen LogP contribution < -0.4 is 16.0 Å². The lowest BCUT2D eigenvalue weighted by atomic mass is 10.1. The lowest BCUT2D eigenvalue weighted by molar-refractivity contribution is -0.679. The summed E-state index contributed by atoms with van der Waals surface area (Å²) >= 11 is 0. The van der Waals surface area contributed by atoms with Gasteiger partial charge in [-0.15, -0.1) is 0 Å². The Hall–Kier alpha value is -2.07. The minimum Gasteiger partial charge on any atom is -0.318 e. The Morgan fingerprint density at radius 2 is 1.89 bits per heavy atom. The zero-order valence-corrected chi connectivity index (χ0v) is 11.6. The first-order valence-corrected chi connectivity index (χ1v) is 6.36. The topological polar surface area (TPSA) is 41.9 Å². The molecule has 0 unspecified atom stereocenters. The molecular weight excluding hydrogens is 238 g/mol. The van der Waals surface area contributed by atoms with Crippen LogP contribution in [-0.4, -0.2) is 11.6 Å². The second kappa shape index (κ2) is 5.71. The molecule has 0 bridgehead atoms. The molecule has 0 spiro atoms. The summed E-state index contributed by atoms with van der Waals surface area (Å²) < 4.78 is 1.61. The molecule has 0 saturated heterocycles. The van der Waals surface area contributed by atoms with Gasteiger partial charge in [-0.2, -0.15) is 0 Å². The van der Waals surface area contributed by atoms with Crippen molar-refractivity contribution >= 4 is 5.69 Å². The van der Waals surface area contributed by atoms with Gasteiger partial charge in [0, 0.05) is 24.4 Å². The van der Waals surface area contributed by atoms with Gasteiger partial charge in [-0.05, 0) is 25.1 Å². The highest BCUT2D eigenvalue weighted by Crippen LogP contribution is 2.06. The van der Waals surface area contributed by atoms with Crippen molar-refractivity contribution in [2.45, 2.75) is 13.5 Å². The van der Waals surface area contributed by atoms with Gasteiger partial charge >= 0.3 is 0 Å². The zero-order chi connectivity index (χ0) is 13.8. The van der Waals surface area contributed by atoms with E-state index in [9.17, 15) is 4.79 Å². The first-order valence-electron chi connectivity index (χ1n) is 6.36. The Bertz CT molecular complexity index is 605. The molecule has 1 aromatic heterocycles. The van der Waals surface area contributed by atoms with E-state index in [1.165, 1.54) is 0 Å². The number of nitrogens with two attached hydrogens (primary N) is 1. The summed E-state index contributed by atoms with van der Waals surface area (Å²) in [6, 6.07) is 12.2. The zero-order valence-electron chi connectivity index (χ0n) is 11.6. The van der Waals surface area contributed by atoms with Gasteiger partial charge < -0.3 is 4.57 Å². The van der Waals surface area contributed by atoms with Gasteiger partial charge in [0.1, 0.15) is 6.54 Å². The molecule has 2 rings (SSSR count). The third kappa shape index (κ3) is 3.03. The maximum absolute atomic E-state index is 11.8. The molecule has 1 aromatic carbocycles. The van der Waals surface area contributed by atoms with Crippen molar-refractivity contribution in [2.24, 2.45) is 7.05 Å². The molecule has 2 aromatic rings. The fourth-order valence-corrected chi connectivity index (χ4v) is 2.02. The van der Waals surface area contributed by atoms with Crippen molar-refractivity contribution < 1.29 is 5.43 Å². The molecule has 0 aliphatic heterocycles. The Morgan fingerprint density at radius 3 is 2.58 bits per heavy atom.